The zero-order valence-electron chi connectivity index (χ0n) is 19.3. The van der Waals surface area contributed by atoms with Crippen LogP contribution in [0.15, 0.2) is 95.9 Å². The molecule has 4 rings (SSSR count). The average molecular weight is 471 g/mol. The van der Waals surface area contributed by atoms with E-state index in [-0.39, 0.29) is 10.8 Å². The largest absolute Gasteiger partial charge is 0.322 e. The van der Waals surface area contributed by atoms with Crippen molar-refractivity contribution in [2.75, 3.05) is 10.0 Å². The third kappa shape index (κ3) is 5.18. The number of carbonyl (C=O) groups is 1. The second-order valence-electron chi connectivity index (χ2n) is 8.30. The van der Waals surface area contributed by atoms with Gasteiger partial charge in [0.1, 0.15) is 0 Å². The highest BCUT2D eigenvalue weighted by Gasteiger charge is 2.18. The summed E-state index contributed by atoms with van der Waals surface area (Å²) < 4.78 is 28.7. The van der Waals surface area contributed by atoms with E-state index < -0.39 is 10.0 Å². The van der Waals surface area contributed by atoms with Crippen molar-refractivity contribution >= 4 is 27.3 Å². The first kappa shape index (κ1) is 23.3. The number of aryl methyl sites for hydroxylation is 3. The van der Waals surface area contributed by atoms with Crippen LogP contribution >= 0.6 is 0 Å². The molecule has 0 atom stereocenters. The topological polar surface area (TPSA) is 75.3 Å². The summed E-state index contributed by atoms with van der Waals surface area (Å²) in [5, 5.41) is 2.85. The molecule has 0 spiro atoms. The Bertz CT molecular complexity index is 1450. The lowest BCUT2D eigenvalue weighted by Crippen LogP contribution is -2.16. The quantitative estimate of drug-likeness (QED) is 0.346. The molecule has 2 N–H and O–H groups in total. The van der Waals surface area contributed by atoms with E-state index in [1.165, 1.54) is 12.1 Å². The highest BCUT2D eigenvalue weighted by atomic mass is 32.2. The number of hydrogen-bond acceptors (Lipinski definition) is 3. The Morgan fingerprint density at radius 2 is 1.35 bits per heavy atom. The Balaban J connectivity index is 1.54. The Hall–Kier alpha value is -3.90. The molecule has 4 aromatic carbocycles. The van der Waals surface area contributed by atoms with Gasteiger partial charge in [-0.15, -0.1) is 0 Å². The SMILES string of the molecule is Cc1ccc(NS(=O)(=O)c2ccc(C)c(NC(=O)c3ccc(-c4ccccc4)cc3)c2)c(C)c1. The van der Waals surface area contributed by atoms with Crippen LogP contribution in [0.4, 0.5) is 11.4 Å². The molecule has 0 aliphatic rings. The summed E-state index contributed by atoms with van der Waals surface area (Å²) in [6, 6.07) is 27.4. The lowest BCUT2D eigenvalue weighted by Gasteiger charge is -2.14. The summed E-state index contributed by atoms with van der Waals surface area (Å²) in [6.07, 6.45) is 0. The molecular formula is C28H26N2O3S. The Labute approximate surface area is 200 Å². The maximum absolute atomic E-state index is 13.0. The van der Waals surface area contributed by atoms with Crippen molar-refractivity contribution in [1.29, 1.82) is 0 Å². The predicted octanol–water partition coefficient (Wildman–Crippen LogP) is 6.33. The first-order valence-corrected chi connectivity index (χ1v) is 12.4. The fourth-order valence-electron chi connectivity index (χ4n) is 3.67. The molecular weight excluding hydrogens is 444 g/mol. The monoisotopic (exact) mass is 470 g/mol. The van der Waals surface area contributed by atoms with Gasteiger partial charge in [0.2, 0.25) is 0 Å². The van der Waals surface area contributed by atoms with Crippen LogP contribution in [0, 0.1) is 20.8 Å². The van der Waals surface area contributed by atoms with E-state index in [1.807, 2.05) is 75.4 Å². The summed E-state index contributed by atoms with van der Waals surface area (Å²) in [4.78, 5) is 12.9. The fourth-order valence-corrected chi connectivity index (χ4v) is 4.83. The van der Waals surface area contributed by atoms with Gasteiger partial charge < -0.3 is 5.32 Å². The summed E-state index contributed by atoms with van der Waals surface area (Å²) in [7, 11) is -3.83. The molecule has 4 aromatic rings. The summed E-state index contributed by atoms with van der Waals surface area (Å²) >= 11 is 0. The van der Waals surface area contributed by atoms with E-state index in [0.29, 0.717) is 16.9 Å². The molecule has 34 heavy (non-hydrogen) atoms. The number of anilines is 2. The third-order valence-corrected chi connectivity index (χ3v) is 7.01. The van der Waals surface area contributed by atoms with Gasteiger partial charge in [0, 0.05) is 11.3 Å². The molecule has 0 heterocycles. The molecule has 172 valence electrons. The number of hydrogen-bond donors (Lipinski definition) is 2. The number of sulfonamides is 1. The number of rotatable bonds is 6. The van der Waals surface area contributed by atoms with Gasteiger partial charge in [-0.1, -0.05) is 66.2 Å². The molecule has 6 heteroatoms. The van der Waals surface area contributed by atoms with Crippen LogP contribution in [-0.4, -0.2) is 14.3 Å². The molecule has 0 aromatic heterocycles. The molecule has 0 bridgehead atoms. The lowest BCUT2D eigenvalue weighted by atomic mass is 10.0. The second kappa shape index (κ2) is 9.53. The Kier molecular flexibility index (Phi) is 6.52. The van der Waals surface area contributed by atoms with Crippen molar-refractivity contribution in [3.05, 3.63) is 113 Å². The van der Waals surface area contributed by atoms with E-state index in [2.05, 4.69) is 10.0 Å². The molecule has 1 amide bonds. The first-order chi connectivity index (χ1) is 16.2. The van der Waals surface area contributed by atoms with Crippen LogP contribution in [0.25, 0.3) is 11.1 Å². The lowest BCUT2D eigenvalue weighted by molar-refractivity contribution is 0.102. The van der Waals surface area contributed by atoms with Crippen molar-refractivity contribution in [3.63, 3.8) is 0 Å². The minimum absolute atomic E-state index is 0.0767. The van der Waals surface area contributed by atoms with Crippen LogP contribution in [0.5, 0.6) is 0 Å². The van der Waals surface area contributed by atoms with Crippen LogP contribution in [0.2, 0.25) is 0 Å². The van der Waals surface area contributed by atoms with Crippen molar-refractivity contribution in [2.24, 2.45) is 0 Å². The molecule has 0 saturated carbocycles. The number of benzene rings is 4. The molecule has 0 aliphatic carbocycles. The predicted molar refractivity (Wildman–Crippen MR) is 138 cm³/mol. The van der Waals surface area contributed by atoms with E-state index >= 15 is 0 Å². The normalized spacial score (nSPS) is 11.1. The first-order valence-electron chi connectivity index (χ1n) is 10.9. The molecule has 0 unspecified atom stereocenters. The smallest absolute Gasteiger partial charge is 0.261 e. The summed E-state index contributed by atoms with van der Waals surface area (Å²) in [5.74, 6) is -0.306. The second-order valence-corrected chi connectivity index (χ2v) is 9.98. The van der Waals surface area contributed by atoms with Crippen molar-refractivity contribution in [2.45, 2.75) is 25.7 Å². The van der Waals surface area contributed by atoms with E-state index in [9.17, 15) is 13.2 Å². The minimum atomic E-state index is -3.83. The van der Waals surface area contributed by atoms with Crippen molar-refractivity contribution < 1.29 is 13.2 Å². The van der Waals surface area contributed by atoms with Crippen LogP contribution in [0.3, 0.4) is 0 Å². The molecule has 0 aliphatic heterocycles. The van der Waals surface area contributed by atoms with Gasteiger partial charge in [0.05, 0.1) is 10.6 Å². The van der Waals surface area contributed by atoms with E-state index in [4.69, 9.17) is 0 Å². The zero-order chi connectivity index (χ0) is 24.3. The Morgan fingerprint density at radius 1 is 0.676 bits per heavy atom. The maximum Gasteiger partial charge on any atom is 0.261 e. The van der Waals surface area contributed by atoms with Gasteiger partial charge in [-0.25, -0.2) is 8.42 Å². The zero-order valence-corrected chi connectivity index (χ0v) is 20.1. The molecule has 0 fully saturated rings. The van der Waals surface area contributed by atoms with E-state index in [1.54, 1.807) is 24.3 Å². The third-order valence-electron chi connectivity index (χ3n) is 5.65. The average Bonchev–Trinajstić information content (AvgIpc) is 2.83. The van der Waals surface area contributed by atoms with E-state index in [0.717, 1.165) is 27.8 Å². The fraction of sp³-hybridized carbons (Fsp3) is 0.107. The number of carbonyl (C=O) groups excluding carboxylic acids is 1. The summed E-state index contributed by atoms with van der Waals surface area (Å²) in [6.45, 7) is 5.63. The van der Waals surface area contributed by atoms with Crippen LogP contribution in [-0.2, 0) is 10.0 Å². The van der Waals surface area contributed by atoms with Crippen molar-refractivity contribution in [3.8, 4) is 11.1 Å². The molecule has 0 radical (unpaired) electrons. The highest BCUT2D eigenvalue weighted by molar-refractivity contribution is 7.92. The van der Waals surface area contributed by atoms with Gasteiger partial charge in [-0.2, -0.15) is 0 Å². The van der Waals surface area contributed by atoms with Crippen molar-refractivity contribution in [1.82, 2.24) is 0 Å². The van der Waals surface area contributed by atoms with Gasteiger partial charge in [0.15, 0.2) is 0 Å². The Morgan fingerprint density at radius 3 is 2.03 bits per heavy atom. The molecule has 5 nitrogen and oxygen atoms in total. The number of nitrogens with one attached hydrogen (secondary N) is 2. The van der Waals surface area contributed by atoms with Crippen LogP contribution in [0.1, 0.15) is 27.0 Å². The minimum Gasteiger partial charge on any atom is -0.322 e. The molecule has 0 saturated heterocycles. The van der Waals surface area contributed by atoms with Crippen LogP contribution < -0.4 is 10.0 Å². The van der Waals surface area contributed by atoms with Gasteiger partial charge in [-0.05, 0) is 73.4 Å². The maximum atomic E-state index is 13.0. The van der Waals surface area contributed by atoms with Gasteiger partial charge in [0.25, 0.3) is 15.9 Å². The van der Waals surface area contributed by atoms with Gasteiger partial charge in [-0.3, -0.25) is 9.52 Å². The summed E-state index contributed by atoms with van der Waals surface area (Å²) in [5.41, 5.74) is 6.19. The standard InChI is InChI=1S/C28H26N2O3S/c1-19-9-16-26(21(3)17-19)30-34(32,33)25-15-10-20(2)27(18-25)29-28(31)24-13-11-23(12-14-24)22-7-5-4-6-8-22/h4-18,30H,1-3H3,(H,29,31). The number of amides is 1. The highest BCUT2D eigenvalue weighted by Crippen LogP contribution is 2.25. The van der Waals surface area contributed by atoms with Gasteiger partial charge >= 0.3 is 0 Å².